The van der Waals surface area contributed by atoms with Crippen LogP contribution in [0.1, 0.15) is 40.8 Å². The minimum atomic E-state index is -0.0728. The largest absolute Gasteiger partial charge is 0.499 e. The first-order chi connectivity index (χ1) is 10.2. The van der Waals surface area contributed by atoms with Crippen molar-refractivity contribution in [1.82, 2.24) is 0 Å². The topological polar surface area (TPSA) is 50.4 Å². The summed E-state index contributed by atoms with van der Waals surface area (Å²) in [4.78, 5) is 13.3. The standard InChI is InChI=1S/C17H16O3S/c1-2-3-7-13-16(11-6-4-5-8-12(11)20-13)17(19)14-9-10-15(18)21-14/h4-6,8-10,18H,2-3,7H2,1H3. The van der Waals surface area contributed by atoms with Gasteiger partial charge in [-0.2, -0.15) is 0 Å². The molecule has 0 fully saturated rings. The SMILES string of the molecule is CCCCc1oc2ccccc2c1C(=O)c1ccc(O)s1. The molecule has 0 aliphatic heterocycles. The number of carbonyl (C=O) groups excluding carboxylic acids is 1. The maximum absolute atomic E-state index is 12.8. The smallest absolute Gasteiger partial charge is 0.207 e. The van der Waals surface area contributed by atoms with Gasteiger partial charge in [0.2, 0.25) is 5.78 Å². The van der Waals surface area contributed by atoms with E-state index in [1.165, 1.54) is 0 Å². The number of aryl methyl sites for hydroxylation is 1. The van der Waals surface area contributed by atoms with Crippen LogP contribution in [0.4, 0.5) is 0 Å². The monoisotopic (exact) mass is 300 g/mol. The van der Waals surface area contributed by atoms with Crippen molar-refractivity contribution >= 4 is 28.1 Å². The fraction of sp³-hybridized carbons (Fsp3) is 0.235. The number of benzene rings is 1. The molecule has 3 nitrogen and oxygen atoms in total. The van der Waals surface area contributed by atoms with E-state index in [2.05, 4.69) is 6.92 Å². The number of furan rings is 1. The van der Waals surface area contributed by atoms with Crippen LogP contribution >= 0.6 is 11.3 Å². The summed E-state index contributed by atoms with van der Waals surface area (Å²) in [5.41, 5.74) is 1.38. The van der Waals surface area contributed by atoms with E-state index in [4.69, 9.17) is 4.42 Å². The van der Waals surface area contributed by atoms with Crippen LogP contribution < -0.4 is 0 Å². The molecule has 0 aliphatic carbocycles. The molecule has 4 heteroatoms. The first-order valence-electron chi connectivity index (χ1n) is 7.04. The highest BCUT2D eigenvalue weighted by atomic mass is 32.1. The number of fused-ring (bicyclic) bond motifs is 1. The fourth-order valence-electron chi connectivity index (χ4n) is 2.43. The van der Waals surface area contributed by atoms with E-state index in [-0.39, 0.29) is 10.8 Å². The van der Waals surface area contributed by atoms with Gasteiger partial charge in [0.15, 0.2) is 5.06 Å². The van der Waals surface area contributed by atoms with E-state index in [9.17, 15) is 9.90 Å². The first kappa shape index (κ1) is 13.9. The normalized spacial score (nSPS) is 11.1. The number of unbranched alkanes of at least 4 members (excludes halogenated alkanes) is 1. The molecule has 0 aliphatic rings. The second-order valence-electron chi connectivity index (χ2n) is 4.97. The second-order valence-corrected chi connectivity index (χ2v) is 6.03. The Morgan fingerprint density at radius 2 is 2.05 bits per heavy atom. The number of ketones is 1. The molecule has 0 saturated heterocycles. The lowest BCUT2D eigenvalue weighted by atomic mass is 10.0. The van der Waals surface area contributed by atoms with E-state index < -0.39 is 0 Å². The number of aromatic hydroxyl groups is 1. The van der Waals surface area contributed by atoms with Gasteiger partial charge in [-0.3, -0.25) is 4.79 Å². The van der Waals surface area contributed by atoms with Gasteiger partial charge in [-0.05, 0) is 24.6 Å². The molecule has 2 heterocycles. The van der Waals surface area contributed by atoms with Crippen molar-refractivity contribution in [2.45, 2.75) is 26.2 Å². The Balaban J connectivity index is 2.12. The molecule has 0 unspecified atom stereocenters. The molecule has 3 rings (SSSR count). The predicted octanol–water partition coefficient (Wildman–Crippen LogP) is 4.77. The lowest BCUT2D eigenvalue weighted by Gasteiger charge is -2.00. The quantitative estimate of drug-likeness (QED) is 0.690. The summed E-state index contributed by atoms with van der Waals surface area (Å²) in [7, 11) is 0. The zero-order chi connectivity index (χ0) is 14.8. The van der Waals surface area contributed by atoms with Crippen LogP contribution in [0.15, 0.2) is 40.8 Å². The van der Waals surface area contributed by atoms with Crippen molar-refractivity contribution in [2.75, 3.05) is 0 Å². The molecule has 0 radical (unpaired) electrons. The summed E-state index contributed by atoms with van der Waals surface area (Å²) in [5.74, 6) is 0.673. The molecular formula is C17H16O3S. The second kappa shape index (κ2) is 5.74. The number of hydrogen-bond donors (Lipinski definition) is 1. The summed E-state index contributed by atoms with van der Waals surface area (Å²) in [5, 5.41) is 10.5. The van der Waals surface area contributed by atoms with E-state index in [0.717, 1.165) is 47.3 Å². The molecule has 0 amide bonds. The lowest BCUT2D eigenvalue weighted by molar-refractivity contribution is 0.104. The molecule has 1 aromatic carbocycles. The maximum atomic E-state index is 12.8. The Kier molecular flexibility index (Phi) is 3.80. The molecule has 0 saturated carbocycles. The first-order valence-corrected chi connectivity index (χ1v) is 7.86. The minimum Gasteiger partial charge on any atom is -0.499 e. The Morgan fingerprint density at radius 1 is 1.24 bits per heavy atom. The van der Waals surface area contributed by atoms with Crippen molar-refractivity contribution in [3.63, 3.8) is 0 Å². The molecule has 0 bridgehead atoms. The van der Waals surface area contributed by atoms with Gasteiger partial charge in [0, 0.05) is 11.8 Å². The van der Waals surface area contributed by atoms with Crippen LogP contribution in [0.2, 0.25) is 0 Å². The van der Waals surface area contributed by atoms with Gasteiger partial charge in [0.05, 0.1) is 10.4 Å². The number of carbonyl (C=O) groups is 1. The molecular weight excluding hydrogens is 284 g/mol. The number of rotatable bonds is 5. The van der Waals surface area contributed by atoms with Crippen LogP contribution in [-0.2, 0) is 6.42 Å². The van der Waals surface area contributed by atoms with Gasteiger partial charge in [0.25, 0.3) is 0 Å². The Hall–Kier alpha value is -2.07. The zero-order valence-electron chi connectivity index (χ0n) is 11.8. The fourth-order valence-corrected chi connectivity index (χ4v) is 3.12. The Labute approximate surface area is 126 Å². The van der Waals surface area contributed by atoms with Gasteiger partial charge < -0.3 is 9.52 Å². The summed E-state index contributed by atoms with van der Waals surface area (Å²) in [6.45, 7) is 2.11. The summed E-state index contributed by atoms with van der Waals surface area (Å²) in [6.07, 6.45) is 2.78. The molecule has 2 aromatic heterocycles. The third-order valence-electron chi connectivity index (χ3n) is 3.47. The Bertz CT molecular complexity index is 782. The predicted molar refractivity (Wildman–Crippen MR) is 84.2 cm³/mol. The molecule has 21 heavy (non-hydrogen) atoms. The van der Waals surface area contributed by atoms with Gasteiger partial charge in [0.1, 0.15) is 11.3 Å². The third-order valence-corrected chi connectivity index (χ3v) is 4.36. The van der Waals surface area contributed by atoms with Crippen molar-refractivity contribution in [2.24, 2.45) is 0 Å². The summed E-state index contributed by atoms with van der Waals surface area (Å²) < 4.78 is 5.87. The van der Waals surface area contributed by atoms with Gasteiger partial charge in [-0.15, -0.1) is 0 Å². The van der Waals surface area contributed by atoms with Crippen LogP contribution in [0, 0.1) is 0 Å². The van der Waals surface area contributed by atoms with Gasteiger partial charge in [-0.25, -0.2) is 0 Å². The van der Waals surface area contributed by atoms with E-state index in [1.807, 2.05) is 24.3 Å². The van der Waals surface area contributed by atoms with Crippen molar-refractivity contribution in [3.05, 3.63) is 52.6 Å². The van der Waals surface area contributed by atoms with Crippen LogP contribution in [0.3, 0.4) is 0 Å². The summed E-state index contributed by atoms with van der Waals surface area (Å²) in [6, 6.07) is 10.8. The van der Waals surface area contributed by atoms with Crippen molar-refractivity contribution in [1.29, 1.82) is 0 Å². The number of hydrogen-bond acceptors (Lipinski definition) is 4. The van der Waals surface area contributed by atoms with Gasteiger partial charge in [-0.1, -0.05) is 42.9 Å². The lowest BCUT2D eigenvalue weighted by Crippen LogP contribution is -2.01. The highest BCUT2D eigenvalue weighted by Gasteiger charge is 2.22. The average molecular weight is 300 g/mol. The van der Waals surface area contributed by atoms with E-state index in [1.54, 1.807) is 12.1 Å². The molecule has 108 valence electrons. The third kappa shape index (κ3) is 2.59. The molecule has 3 aromatic rings. The molecule has 0 spiro atoms. The molecule has 0 atom stereocenters. The highest BCUT2D eigenvalue weighted by molar-refractivity contribution is 7.15. The Morgan fingerprint density at radius 3 is 2.76 bits per heavy atom. The van der Waals surface area contributed by atoms with Crippen molar-refractivity contribution in [3.8, 4) is 5.06 Å². The summed E-state index contributed by atoms with van der Waals surface area (Å²) >= 11 is 1.10. The van der Waals surface area contributed by atoms with Crippen LogP contribution in [0.25, 0.3) is 11.0 Å². The zero-order valence-corrected chi connectivity index (χ0v) is 12.6. The average Bonchev–Trinajstić information content (AvgIpc) is 3.07. The van der Waals surface area contributed by atoms with Crippen LogP contribution in [0.5, 0.6) is 5.06 Å². The highest BCUT2D eigenvalue weighted by Crippen LogP contribution is 2.32. The van der Waals surface area contributed by atoms with Crippen LogP contribution in [-0.4, -0.2) is 10.9 Å². The minimum absolute atomic E-state index is 0.0728. The number of thiophene rings is 1. The van der Waals surface area contributed by atoms with Gasteiger partial charge >= 0.3 is 0 Å². The van der Waals surface area contributed by atoms with Crippen molar-refractivity contribution < 1.29 is 14.3 Å². The number of para-hydroxylation sites is 1. The van der Waals surface area contributed by atoms with E-state index >= 15 is 0 Å². The van der Waals surface area contributed by atoms with E-state index in [0.29, 0.717) is 10.4 Å². The molecule has 1 N–H and O–H groups in total. The maximum Gasteiger partial charge on any atom is 0.207 e.